The van der Waals surface area contributed by atoms with Gasteiger partial charge in [-0.25, -0.2) is 4.98 Å². The lowest BCUT2D eigenvalue weighted by Crippen LogP contribution is -2.38. The van der Waals surface area contributed by atoms with Gasteiger partial charge in [-0.05, 0) is 32.8 Å². The van der Waals surface area contributed by atoms with Crippen molar-refractivity contribution >= 4 is 17.3 Å². The van der Waals surface area contributed by atoms with Gasteiger partial charge in [-0.15, -0.1) is 11.3 Å². The van der Waals surface area contributed by atoms with E-state index < -0.39 is 0 Å². The number of guanidine groups is 1. The summed E-state index contributed by atoms with van der Waals surface area (Å²) in [4.78, 5) is 11.5. The Morgan fingerprint density at radius 2 is 2.00 bits per heavy atom. The minimum Gasteiger partial charge on any atom is -0.375 e. The summed E-state index contributed by atoms with van der Waals surface area (Å²) in [5.74, 6) is 0.887. The van der Waals surface area contributed by atoms with Crippen LogP contribution < -0.4 is 5.32 Å². The van der Waals surface area contributed by atoms with Crippen LogP contribution >= 0.6 is 11.3 Å². The summed E-state index contributed by atoms with van der Waals surface area (Å²) < 4.78 is 11.3. The van der Waals surface area contributed by atoms with Gasteiger partial charge in [0, 0.05) is 39.2 Å². The predicted octanol–water partition coefficient (Wildman–Crippen LogP) is 4.42. The number of hydrogen-bond donors (Lipinski definition) is 1. The quantitative estimate of drug-likeness (QED) is 0.333. The molecule has 1 aromatic carbocycles. The lowest BCUT2D eigenvalue weighted by molar-refractivity contribution is 0.0651. The van der Waals surface area contributed by atoms with E-state index in [4.69, 9.17) is 14.5 Å². The van der Waals surface area contributed by atoms with Gasteiger partial charge < -0.3 is 19.7 Å². The van der Waals surface area contributed by atoms with Gasteiger partial charge in [-0.2, -0.15) is 0 Å². The average Bonchev–Trinajstić information content (AvgIpc) is 3.21. The number of rotatable bonds is 11. The van der Waals surface area contributed by atoms with Crippen LogP contribution in [0.4, 0.5) is 0 Å². The van der Waals surface area contributed by atoms with E-state index in [1.54, 1.807) is 18.4 Å². The van der Waals surface area contributed by atoms with Gasteiger partial charge in [0.2, 0.25) is 0 Å². The zero-order valence-electron chi connectivity index (χ0n) is 18.2. The van der Waals surface area contributed by atoms with Gasteiger partial charge in [0.25, 0.3) is 0 Å². The van der Waals surface area contributed by atoms with Gasteiger partial charge in [-0.1, -0.05) is 30.3 Å². The van der Waals surface area contributed by atoms with E-state index >= 15 is 0 Å². The monoisotopic (exact) mass is 418 g/mol. The van der Waals surface area contributed by atoms with Crippen molar-refractivity contribution in [3.05, 3.63) is 52.0 Å². The molecule has 0 aliphatic rings. The SMILES string of the molecule is CCNC(=NCCCOC(C)c1ccccc1)N(C)Cc1csc(C(C)OC)n1. The zero-order chi connectivity index (χ0) is 21.1. The molecule has 2 atom stereocenters. The number of aliphatic imine (C=N–C) groups is 1. The Morgan fingerprint density at radius 1 is 1.24 bits per heavy atom. The Balaban J connectivity index is 1.81. The largest absolute Gasteiger partial charge is 0.375 e. The molecule has 160 valence electrons. The average molecular weight is 419 g/mol. The molecule has 6 nitrogen and oxygen atoms in total. The molecule has 0 amide bonds. The van der Waals surface area contributed by atoms with E-state index in [0.29, 0.717) is 13.2 Å². The molecule has 1 aromatic heterocycles. The van der Waals surface area contributed by atoms with Crippen molar-refractivity contribution in [2.45, 2.75) is 45.9 Å². The molecule has 1 N–H and O–H groups in total. The summed E-state index contributed by atoms with van der Waals surface area (Å²) in [6.07, 6.45) is 1.01. The van der Waals surface area contributed by atoms with Crippen molar-refractivity contribution in [2.24, 2.45) is 4.99 Å². The first-order valence-electron chi connectivity index (χ1n) is 10.2. The van der Waals surface area contributed by atoms with Crippen molar-refractivity contribution in [2.75, 3.05) is 33.9 Å². The first-order valence-corrected chi connectivity index (χ1v) is 11.1. The van der Waals surface area contributed by atoms with Crippen LogP contribution in [0.5, 0.6) is 0 Å². The molecule has 1 heterocycles. The minimum absolute atomic E-state index is 0.0271. The molecule has 2 unspecified atom stereocenters. The molecule has 0 saturated heterocycles. The van der Waals surface area contributed by atoms with Gasteiger partial charge >= 0.3 is 0 Å². The summed E-state index contributed by atoms with van der Waals surface area (Å²) in [6, 6.07) is 10.3. The minimum atomic E-state index is 0.0271. The summed E-state index contributed by atoms with van der Waals surface area (Å²) in [5.41, 5.74) is 2.23. The smallest absolute Gasteiger partial charge is 0.194 e. The summed E-state index contributed by atoms with van der Waals surface area (Å²) in [6.45, 7) is 9.12. The van der Waals surface area contributed by atoms with E-state index in [2.05, 4.69) is 46.6 Å². The van der Waals surface area contributed by atoms with Crippen molar-refractivity contribution < 1.29 is 9.47 Å². The number of benzene rings is 1. The van der Waals surface area contributed by atoms with Crippen LogP contribution in [0.25, 0.3) is 0 Å². The van der Waals surface area contributed by atoms with E-state index in [-0.39, 0.29) is 12.2 Å². The van der Waals surface area contributed by atoms with E-state index in [1.165, 1.54) is 5.56 Å². The standard InChI is InChI=1S/C22H34N4O2S/c1-6-23-22(26(4)15-20-16-29-21(25-20)18(3)27-5)24-13-10-14-28-17(2)19-11-8-7-9-12-19/h7-9,11-12,16-18H,6,10,13-15H2,1-5H3,(H,23,24). The molecule has 0 fully saturated rings. The second-order valence-electron chi connectivity index (χ2n) is 6.92. The van der Waals surface area contributed by atoms with Crippen LogP contribution in [0.15, 0.2) is 40.7 Å². The van der Waals surface area contributed by atoms with Crippen LogP contribution in [-0.2, 0) is 16.0 Å². The highest BCUT2D eigenvalue weighted by molar-refractivity contribution is 7.09. The molecule has 2 rings (SSSR count). The van der Waals surface area contributed by atoms with Crippen LogP contribution in [-0.4, -0.2) is 49.7 Å². The molecular formula is C22H34N4O2S. The normalized spacial score (nSPS) is 13.9. The van der Waals surface area contributed by atoms with Crippen LogP contribution in [0, 0.1) is 0 Å². The first kappa shape index (κ1) is 23.3. The highest BCUT2D eigenvalue weighted by Crippen LogP contribution is 2.21. The zero-order valence-corrected chi connectivity index (χ0v) is 19.0. The summed E-state index contributed by atoms with van der Waals surface area (Å²) in [7, 11) is 3.74. The number of nitrogens with zero attached hydrogens (tertiary/aromatic N) is 3. The maximum atomic E-state index is 5.94. The van der Waals surface area contributed by atoms with Gasteiger partial charge in [0.05, 0.1) is 18.3 Å². The third-order valence-electron chi connectivity index (χ3n) is 4.57. The molecule has 7 heteroatoms. The van der Waals surface area contributed by atoms with Crippen molar-refractivity contribution in [1.29, 1.82) is 0 Å². The van der Waals surface area contributed by atoms with Crippen molar-refractivity contribution in [3.63, 3.8) is 0 Å². The number of hydrogen-bond acceptors (Lipinski definition) is 5. The molecule has 0 saturated carbocycles. The molecule has 0 bridgehead atoms. The Bertz CT molecular complexity index is 735. The maximum Gasteiger partial charge on any atom is 0.194 e. The second kappa shape index (κ2) is 12.6. The Labute approximate surface area is 179 Å². The van der Waals surface area contributed by atoms with Crippen LogP contribution in [0.2, 0.25) is 0 Å². The predicted molar refractivity (Wildman–Crippen MR) is 120 cm³/mol. The van der Waals surface area contributed by atoms with Crippen molar-refractivity contribution in [1.82, 2.24) is 15.2 Å². The number of ether oxygens (including phenoxy) is 2. The lowest BCUT2D eigenvalue weighted by atomic mass is 10.1. The molecule has 2 aromatic rings. The number of aromatic nitrogens is 1. The van der Waals surface area contributed by atoms with E-state index in [1.807, 2.05) is 32.2 Å². The number of methoxy groups -OCH3 is 1. The van der Waals surface area contributed by atoms with Gasteiger partial charge in [0.1, 0.15) is 11.1 Å². The molecule has 0 aliphatic carbocycles. The van der Waals surface area contributed by atoms with Gasteiger partial charge in [0.15, 0.2) is 5.96 Å². The second-order valence-corrected chi connectivity index (χ2v) is 7.81. The fourth-order valence-electron chi connectivity index (χ4n) is 2.80. The molecule has 29 heavy (non-hydrogen) atoms. The third kappa shape index (κ3) is 7.76. The fourth-order valence-corrected chi connectivity index (χ4v) is 3.64. The fraction of sp³-hybridized carbons (Fsp3) is 0.545. The Hall–Kier alpha value is -1.96. The number of nitrogens with one attached hydrogen (secondary N) is 1. The molecule has 0 aliphatic heterocycles. The summed E-state index contributed by atoms with van der Waals surface area (Å²) >= 11 is 1.63. The highest BCUT2D eigenvalue weighted by Gasteiger charge is 2.12. The van der Waals surface area contributed by atoms with Gasteiger partial charge in [-0.3, -0.25) is 4.99 Å². The van der Waals surface area contributed by atoms with E-state index in [9.17, 15) is 0 Å². The molecule has 0 spiro atoms. The summed E-state index contributed by atoms with van der Waals surface area (Å²) in [5, 5.41) is 6.44. The Morgan fingerprint density at radius 3 is 2.69 bits per heavy atom. The van der Waals surface area contributed by atoms with Crippen LogP contribution in [0.3, 0.4) is 0 Å². The number of thiazole rings is 1. The maximum absolute atomic E-state index is 5.94. The topological polar surface area (TPSA) is 59.0 Å². The molecule has 0 radical (unpaired) electrons. The third-order valence-corrected chi connectivity index (χ3v) is 5.62. The van der Waals surface area contributed by atoms with E-state index in [0.717, 1.165) is 36.2 Å². The Kier molecular flexibility index (Phi) is 10.1. The molecular weight excluding hydrogens is 384 g/mol. The lowest BCUT2D eigenvalue weighted by Gasteiger charge is -2.21. The van der Waals surface area contributed by atoms with Crippen LogP contribution in [0.1, 0.15) is 55.7 Å². The first-order chi connectivity index (χ1) is 14.0. The highest BCUT2D eigenvalue weighted by atomic mass is 32.1. The van der Waals surface area contributed by atoms with Crippen molar-refractivity contribution in [3.8, 4) is 0 Å².